The van der Waals surface area contributed by atoms with Gasteiger partial charge in [0.15, 0.2) is 5.76 Å². The number of hydrogen-bond acceptors (Lipinski definition) is 3. The molecule has 2 rings (SSSR count). The lowest BCUT2D eigenvalue weighted by atomic mass is 10.2. The number of nitrogens with zero attached hydrogens (tertiary/aromatic N) is 1. The largest absolute Gasteiger partial charge is 0.459 e. The highest BCUT2D eigenvalue weighted by Crippen LogP contribution is 2.10. The van der Waals surface area contributed by atoms with Gasteiger partial charge in [0.2, 0.25) is 5.91 Å². The minimum absolute atomic E-state index is 0.0835. The van der Waals surface area contributed by atoms with Gasteiger partial charge in [0, 0.05) is 18.3 Å². The van der Waals surface area contributed by atoms with E-state index in [1.807, 2.05) is 0 Å². The first-order valence-corrected chi connectivity index (χ1v) is 6.25. The van der Waals surface area contributed by atoms with Gasteiger partial charge in [-0.2, -0.15) is 0 Å². The quantitative estimate of drug-likeness (QED) is 0.872. The molecule has 1 aromatic heterocycles. The van der Waals surface area contributed by atoms with Crippen molar-refractivity contribution in [3.8, 4) is 12.3 Å². The zero-order valence-corrected chi connectivity index (χ0v) is 11.5. The van der Waals surface area contributed by atoms with E-state index >= 15 is 0 Å². The van der Waals surface area contributed by atoms with E-state index in [1.165, 1.54) is 18.2 Å². The second-order valence-electron chi connectivity index (χ2n) is 4.41. The molecule has 21 heavy (non-hydrogen) atoms. The van der Waals surface area contributed by atoms with Crippen molar-refractivity contribution in [1.29, 1.82) is 0 Å². The Morgan fingerprint density at radius 2 is 2.14 bits per heavy atom. The molecule has 0 bridgehead atoms. The van der Waals surface area contributed by atoms with Crippen LogP contribution in [0.3, 0.4) is 0 Å². The van der Waals surface area contributed by atoms with Crippen LogP contribution in [0, 0.1) is 12.3 Å². The summed E-state index contributed by atoms with van der Waals surface area (Å²) in [5.41, 5.74) is 1.27. The number of nitrogens with one attached hydrogen (secondary N) is 1. The number of carbonyl (C=O) groups excluding carboxylic acids is 2. The van der Waals surface area contributed by atoms with E-state index in [0.29, 0.717) is 11.3 Å². The molecule has 0 atom stereocenters. The standard InChI is InChI=1S/C16H14N2O3/c1-3-12-6-4-7-13(10-12)17-15(19)11-18(2)16(20)14-8-5-9-21-14/h1,4-10H,11H2,2H3,(H,17,19). The molecule has 0 radical (unpaired) electrons. The fourth-order valence-electron chi connectivity index (χ4n) is 1.76. The lowest BCUT2D eigenvalue weighted by molar-refractivity contribution is -0.116. The number of anilines is 1. The Morgan fingerprint density at radius 3 is 2.81 bits per heavy atom. The minimum Gasteiger partial charge on any atom is -0.459 e. The van der Waals surface area contributed by atoms with Gasteiger partial charge < -0.3 is 14.6 Å². The van der Waals surface area contributed by atoms with Gasteiger partial charge in [-0.1, -0.05) is 12.0 Å². The average molecular weight is 282 g/mol. The molecule has 1 N–H and O–H groups in total. The number of carbonyl (C=O) groups is 2. The molecule has 0 saturated carbocycles. The molecule has 0 unspecified atom stereocenters. The number of hydrogen-bond donors (Lipinski definition) is 1. The fraction of sp³-hybridized carbons (Fsp3) is 0.125. The van der Waals surface area contributed by atoms with E-state index in [9.17, 15) is 9.59 Å². The van der Waals surface area contributed by atoms with E-state index in [4.69, 9.17) is 10.8 Å². The molecule has 0 spiro atoms. The number of rotatable bonds is 4. The van der Waals surface area contributed by atoms with Gasteiger partial charge >= 0.3 is 0 Å². The Balaban J connectivity index is 1.95. The summed E-state index contributed by atoms with van der Waals surface area (Å²) in [5, 5.41) is 2.69. The Bertz CT molecular complexity index is 684. The van der Waals surface area contributed by atoms with Crippen LogP contribution in [0.4, 0.5) is 5.69 Å². The third-order valence-corrected chi connectivity index (χ3v) is 2.77. The molecule has 2 amide bonds. The summed E-state index contributed by atoms with van der Waals surface area (Å²) >= 11 is 0. The lowest BCUT2D eigenvalue weighted by Crippen LogP contribution is -2.34. The first-order chi connectivity index (χ1) is 10.1. The zero-order chi connectivity index (χ0) is 15.2. The summed E-state index contributed by atoms with van der Waals surface area (Å²) in [6.07, 6.45) is 6.71. The number of benzene rings is 1. The van der Waals surface area contributed by atoms with Crippen LogP contribution in [0.15, 0.2) is 47.1 Å². The van der Waals surface area contributed by atoms with Crippen molar-refractivity contribution in [3.05, 3.63) is 54.0 Å². The molecule has 0 fully saturated rings. The number of furan rings is 1. The highest BCUT2D eigenvalue weighted by molar-refractivity contribution is 5.97. The first-order valence-electron chi connectivity index (χ1n) is 6.25. The van der Waals surface area contributed by atoms with Gasteiger partial charge in [-0.25, -0.2) is 0 Å². The van der Waals surface area contributed by atoms with Crippen molar-refractivity contribution in [2.75, 3.05) is 18.9 Å². The van der Waals surface area contributed by atoms with Crippen molar-refractivity contribution in [3.63, 3.8) is 0 Å². The van der Waals surface area contributed by atoms with Gasteiger partial charge in [0.1, 0.15) is 0 Å². The Kier molecular flexibility index (Phi) is 4.42. The molecule has 1 heterocycles. The summed E-state index contributed by atoms with van der Waals surface area (Å²) < 4.78 is 5.00. The highest BCUT2D eigenvalue weighted by atomic mass is 16.3. The van der Waals surface area contributed by atoms with Crippen LogP contribution in [-0.2, 0) is 4.79 Å². The van der Waals surface area contributed by atoms with Crippen LogP contribution in [0.25, 0.3) is 0 Å². The van der Waals surface area contributed by atoms with Crippen LogP contribution in [-0.4, -0.2) is 30.3 Å². The second kappa shape index (κ2) is 6.44. The summed E-state index contributed by atoms with van der Waals surface area (Å²) in [4.78, 5) is 25.1. The summed E-state index contributed by atoms with van der Waals surface area (Å²) in [6.45, 7) is -0.0835. The third kappa shape index (κ3) is 3.74. The molecule has 2 aromatic rings. The molecule has 0 aliphatic carbocycles. The molecule has 0 saturated heterocycles. The second-order valence-corrected chi connectivity index (χ2v) is 4.41. The third-order valence-electron chi connectivity index (χ3n) is 2.77. The lowest BCUT2D eigenvalue weighted by Gasteiger charge is -2.15. The van der Waals surface area contributed by atoms with Crippen LogP contribution in [0.5, 0.6) is 0 Å². The van der Waals surface area contributed by atoms with Crippen molar-refractivity contribution in [2.45, 2.75) is 0 Å². The van der Waals surface area contributed by atoms with E-state index in [-0.39, 0.29) is 24.1 Å². The number of terminal acetylenes is 1. The van der Waals surface area contributed by atoms with Gasteiger partial charge in [-0.15, -0.1) is 6.42 Å². The summed E-state index contributed by atoms with van der Waals surface area (Å²) in [5.74, 6) is 2.02. The van der Waals surface area contributed by atoms with Crippen molar-refractivity contribution >= 4 is 17.5 Å². The predicted octanol–water partition coefficient (Wildman–Crippen LogP) is 1.97. The van der Waals surface area contributed by atoms with E-state index in [0.717, 1.165) is 0 Å². The maximum absolute atomic E-state index is 11.9. The van der Waals surface area contributed by atoms with Crippen molar-refractivity contribution in [2.24, 2.45) is 0 Å². The topological polar surface area (TPSA) is 62.6 Å². The van der Waals surface area contributed by atoms with Crippen molar-refractivity contribution in [1.82, 2.24) is 4.90 Å². The molecule has 0 aliphatic rings. The van der Waals surface area contributed by atoms with Crippen LogP contribution >= 0.6 is 0 Å². The monoisotopic (exact) mass is 282 g/mol. The summed E-state index contributed by atoms with van der Waals surface area (Å²) in [7, 11) is 1.53. The van der Waals surface area contributed by atoms with Gasteiger partial charge in [0.25, 0.3) is 5.91 Å². The molecular formula is C16H14N2O3. The predicted molar refractivity (Wildman–Crippen MR) is 78.7 cm³/mol. The van der Waals surface area contributed by atoms with Gasteiger partial charge in [0.05, 0.1) is 12.8 Å². The molecule has 106 valence electrons. The molecule has 1 aromatic carbocycles. The number of amides is 2. The summed E-state index contributed by atoms with van der Waals surface area (Å²) in [6, 6.07) is 10.1. The van der Waals surface area contributed by atoms with Crippen LogP contribution in [0.1, 0.15) is 16.1 Å². The van der Waals surface area contributed by atoms with Crippen LogP contribution in [0.2, 0.25) is 0 Å². The molecule has 0 aliphatic heterocycles. The SMILES string of the molecule is C#Cc1cccc(NC(=O)CN(C)C(=O)c2ccco2)c1. The Hall–Kier alpha value is -3.00. The minimum atomic E-state index is -0.354. The van der Waals surface area contributed by atoms with E-state index in [1.54, 1.807) is 36.4 Å². The van der Waals surface area contributed by atoms with Gasteiger partial charge in [-0.05, 0) is 30.3 Å². The maximum atomic E-state index is 11.9. The average Bonchev–Trinajstić information content (AvgIpc) is 3.00. The first kappa shape index (κ1) is 14.4. The molecular weight excluding hydrogens is 268 g/mol. The van der Waals surface area contributed by atoms with Crippen LogP contribution < -0.4 is 5.32 Å². The number of likely N-dealkylation sites (N-methyl/N-ethyl adjacent to an activating group) is 1. The smallest absolute Gasteiger partial charge is 0.289 e. The Morgan fingerprint density at radius 1 is 1.33 bits per heavy atom. The van der Waals surface area contributed by atoms with Gasteiger partial charge in [-0.3, -0.25) is 9.59 Å². The van der Waals surface area contributed by atoms with Crippen molar-refractivity contribution < 1.29 is 14.0 Å². The zero-order valence-electron chi connectivity index (χ0n) is 11.5. The fourth-order valence-corrected chi connectivity index (χ4v) is 1.76. The van der Waals surface area contributed by atoms with E-state index in [2.05, 4.69) is 11.2 Å². The maximum Gasteiger partial charge on any atom is 0.289 e. The molecule has 5 nitrogen and oxygen atoms in total. The molecule has 5 heteroatoms. The normalized spacial score (nSPS) is 9.71. The van der Waals surface area contributed by atoms with E-state index < -0.39 is 0 Å². The Labute approximate surface area is 122 Å². The highest BCUT2D eigenvalue weighted by Gasteiger charge is 2.17.